The molecule has 2 amide bonds. The maximum absolute atomic E-state index is 13.3. The molecule has 8 nitrogen and oxygen atoms in total. The smallest absolute Gasteiger partial charge is 0.321 e. The molecule has 2 aromatic carbocycles. The molecule has 0 aliphatic carbocycles. The first-order chi connectivity index (χ1) is 17.0. The monoisotopic (exact) mass is 472 g/mol. The molecule has 1 spiro atoms. The minimum atomic E-state index is -0.455. The molecule has 1 atom stereocenters. The first kappa shape index (κ1) is 23.0. The summed E-state index contributed by atoms with van der Waals surface area (Å²) in [5.41, 5.74) is 2.14. The Morgan fingerprint density at radius 3 is 2.63 bits per heavy atom. The number of ether oxygens (including phenoxy) is 2. The zero-order chi connectivity index (χ0) is 24.3. The number of anilines is 1. The average molecular weight is 473 g/mol. The number of amides is 2. The van der Waals surface area contributed by atoms with Crippen LogP contribution in [0, 0.1) is 6.92 Å². The minimum Gasteiger partial charge on any atom is -0.424 e. The summed E-state index contributed by atoms with van der Waals surface area (Å²) in [4.78, 5) is 37.8. The number of rotatable bonds is 4. The Morgan fingerprint density at radius 1 is 1.03 bits per heavy atom. The van der Waals surface area contributed by atoms with Crippen molar-refractivity contribution < 1.29 is 19.1 Å². The van der Waals surface area contributed by atoms with Gasteiger partial charge in [-0.05, 0) is 62.6 Å². The van der Waals surface area contributed by atoms with Crippen LogP contribution in [0.2, 0.25) is 0 Å². The summed E-state index contributed by atoms with van der Waals surface area (Å²) in [7, 11) is 0. The highest BCUT2D eigenvalue weighted by molar-refractivity contribution is 5.95. The fraction of sp³-hybridized carbons (Fsp3) is 0.333. The number of nitrogens with zero attached hydrogens (tertiary/aromatic N) is 4. The van der Waals surface area contributed by atoms with Crippen molar-refractivity contribution in [3.8, 4) is 11.8 Å². The number of benzene rings is 2. The van der Waals surface area contributed by atoms with Crippen LogP contribution in [0.3, 0.4) is 0 Å². The standard InChI is InChI=1S/C27H28N4O4/c1-20-7-9-22(10-8-20)31-19-27(34-18-24(31)32)11-3-15-30(16-12-27)25(33)21-5-2-6-23(17-21)35-26-28-13-4-14-29-26/h2,4-10,13-14,17H,3,11-12,15-16,18-19H2,1H3/t27-/m1/s1. The van der Waals surface area contributed by atoms with Crippen molar-refractivity contribution in [2.24, 2.45) is 0 Å². The van der Waals surface area contributed by atoms with E-state index in [1.54, 1.807) is 42.7 Å². The van der Waals surface area contributed by atoms with Crippen LogP contribution in [-0.2, 0) is 9.53 Å². The van der Waals surface area contributed by atoms with Gasteiger partial charge in [0, 0.05) is 36.7 Å². The summed E-state index contributed by atoms with van der Waals surface area (Å²) in [6, 6.07) is 17.0. The molecule has 180 valence electrons. The minimum absolute atomic E-state index is 0.0316. The van der Waals surface area contributed by atoms with Gasteiger partial charge in [-0.2, -0.15) is 0 Å². The molecule has 0 saturated carbocycles. The summed E-state index contributed by atoms with van der Waals surface area (Å²) >= 11 is 0. The topological polar surface area (TPSA) is 84.9 Å². The number of aromatic nitrogens is 2. The lowest BCUT2D eigenvalue weighted by Crippen LogP contribution is -2.55. The number of aryl methyl sites for hydroxylation is 1. The van der Waals surface area contributed by atoms with Crippen LogP contribution in [0.4, 0.5) is 5.69 Å². The molecule has 5 rings (SSSR count). The van der Waals surface area contributed by atoms with Crippen molar-refractivity contribution in [1.82, 2.24) is 14.9 Å². The van der Waals surface area contributed by atoms with E-state index in [1.807, 2.05) is 41.0 Å². The van der Waals surface area contributed by atoms with Crippen LogP contribution in [0.1, 0.15) is 35.2 Å². The number of hydrogen-bond donors (Lipinski definition) is 0. The van der Waals surface area contributed by atoms with Gasteiger partial charge in [-0.3, -0.25) is 9.59 Å². The zero-order valence-corrected chi connectivity index (χ0v) is 19.7. The van der Waals surface area contributed by atoms with E-state index in [1.165, 1.54) is 0 Å². The van der Waals surface area contributed by atoms with Gasteiger partial charge in [-0.1, -0.05) is 23.8 Å². The summed E-state index contributed by atoms with van der Waals surface area (Å²) < 4.78 is 11.8. The molecule has 2 aliphatic heterocycles. The van der Waals surface area contributed by atoms with E-state index >= 15 is 0 Å². The molecule has 0 radical (unpaired) electrons. The molecule has 3 aromatic rings. The van der Waals surface area contributed by atoms with Gasteiger partial charge in [0.15, 0.2) is 0 Å². The zero-order valence-electron chi connectivity index (χ0n) is 19.7. The van der Waals surface area contributed by atoms with Gasteiger partial charge in [0.25, 0.3) is 11.8 Å². The fourth-order valence-electron chi connectivity index (χ4n) is 4.67. The van der Waals surface area contributed by atoms with Gasteiger partial charge < -0.3 is 19.3 Å². The molecular formula is C27H28N4O4. The Hall–Kier alpha value is -3.78. The first-order valence-corrected chi connectivity index (χ1v) is 11.9. The second-order valence-electron chi connectivity index (χ2n) is 9.09. The largest absolute Gasteiger partial charge is 0.424 e. The number of hydrogen-bond acceptors (Lipinski definition) is 6. The lowest BCUT2D eigenvalue weighted by atomic mass is 9.92. The lowest BCUT2D eigenvalue weighted by molar-refractivity contribution is -0.140. The van der Waals surface area contributed by atoms with Gasteiger partial charge in [-0.25, -0.2) is 9.97 Å². The third-order valence-corrected chi connectivity index (χ3v) is 6.61. The van der Waals surface area contributed by atoms with E-state index in [-0.39, 0.29) is 24.4 Å². The van der Waals surface area contributed by atoms with Crippen LogP contribution in [0.5, 0.6) is 11.8 Å². The predicted octanol–water partition coefficient (Wildman–Crippen LogP) is 4.01. The Kier molecular flexibility index (Phi) is 6.46. The van der Waals surface area contributed by atoms with Crippen molar-refractivity contribution in [2.75, 3.05) is 31.1 Å². The van der Waals surface area contributed by atoms with E-state index in [4.69, 9.17) is 9.47 Å². The van der Waals surface area contributed by atoms with Gasteiger partial charge in [0.1, 0.15) is 12.4 Å². The van der Waals surface area contributed by atoms with Crippen molar-refractivity contribution in [3.05, 3.63) is 78.1 Å². The molecule has 1 aromatic heterocycles. The van der Waals surface area contributed by atoms with E-state index in [0.717, 1.165) is 24.1 Å². The fourth-order valence-corrected chi connectivity index (χ4v) is 4.67. The Labute approximate surface area is 204 Å². The van der Waals surface area contributed by atoms with Gasteiger partial charge in [0.05, 0.1) is 12.1 Å². The SMILES string of the molecule is Cc1ccc(N2C[C@]3(CCCN(C(=O)c4cccc(Oc5ncccn5)c4)CC3)OCC2=O)cc1. The third-order valence-electron chi connectivity index (χ3n) is 6.61. The summed E-state index contributed by atoms with van der Waals surface area (Å²) in [5.74, 6) is 0.427. The van der Waals surface area contributed by atoms with Crippen LogP contribution < -0.4 is 9.64 Å². The third kappa shape index (κ3) is 5.17. The highest BCUT2D eigenvalue weighted by atomic mass is 16.5. The van der Waals surface area contributed by atoms with E-state index < -0.39 is 5.60 Å². The van der Waals surface area contributed by atoms with Crippen molar-refractivity contribution in [1.29, 1.82) is 0 Å². The highest BCUT2D eigenvalue weighted by Crippen LogP contribution is 2.33. The van der Waals surface area contributed by atoms with E-state index in [9.17, 15) is 9.59 Å². The first-order valence-electron chi connectivity index (χ1n) is 11.9. The van der Waals surface area contributed by atoms with Crippen molar-refractivity contribution >= 4 is 17.5 Å². The van der Waals surface area contributed by atoms with Crippen LogP contribution in [0.15, 0.2) is 67.0 Å². The number of morpholine rings is 1. The van der Waals surface area contributed by atoms with Crippen LogP contribution >= 0.6 is 0 Å². The predicted molar refractivity (Wildman–Crippen MR) is 131 cm³/mol. The molecular weight excluding hydrogens is 444 g/mol. The summed E-state index contributed by atoms with van der Waals surface area (Å²) in [5, 5.41) is 0. The molecule has 2 aliphatic rings. The van der Waals surface area contributed by atoms with Crippen LogP contribution in [-0.4, -0.2) is 58.5 Å². The van der Waals surface area contributed by atoms with E-state index in [0.29, 0.717) is 37.4 Å². The molecule has 0 unspecified atom stereocenters. The molecule has 0 N–H and O–H groups in total. The molecule has 2 fully saturated rings. The lowest BCUT2D eigenvalue weighted by Gasteiger charge is -2.42. The Bertz CT molecular complexity index is 1200. The quantitative estimate of drug-likeness (QED) is 0.571. The maximum atomic E-state index is 13.3. The van der Waals surface area contributed by atoms with Gasteiger partial charge in [-0.15, -0.1) is 0 Å². The molecule has 2 saturated heterocycles. The molecule has 3 heterocycles. The average Bonchev–Trinajstić information content (AvgIpc) is 3.09. The number of carbonyl (C=O) groups excluding carboxylic acids is 2. The summed E-state index contributed by atoms with van der Waals surface area (Å²) in [6.07, 6.45) is 5.47. The van der Waals surface area contributed by atoms with Crippen molar-refractivity contribution in [3.63, 3.8) is 0 Å². The number of likely N-dealkylation sites (tertiary alicyclic amines) is 1. The van der Waals surface area contributed by atoms with Gasteiger partial charge >= 0.3 is 6.01 Å². The molecule has 8 heteroatoms. The van der Waals surface area contributed by atoms with Crippen molar-refractivity contribution in [2.45, 2.75) is 31.8 Å². The summed E-state index contributed by atoms with van der Waals surface area (Å²) in [6.45, 7) is 3.78. The molecule has 35 heavy (non-hydrogen) atoms. The Morgan fingerprint density at radius 2 is 1.83 bits per heavy atom. The molecule has 0 bridgehead atoms. The second-order valence-corrected chi connectivity index (χ2v) is 9.09. The van der Waals surface area contributed by atoms with Gasteiger partial charge in [0.2, 0.25) is 0 Å². The van der Waals surface area contributed by atoms with E-state index in [2.05, 4.69) is 9.97 Å². The normalized spacial score (nSPS) is 20.5. The highest BCUT2D eigenvalue weighted by Gasteiger charge is 2.42. The Balaban J connectivity index is 1.27. The maximum Gasteiger partial charge on any atom is 0.321 e. The second kappa shape index (κ2) is 9.84. The van der Waals surface area contributed by atoms with Crippen LogP contribution in [0.25, 0.3) is 0 Å². The number of carbonyl (C=O) groups is 2.